The fourth-order valence-electron chi connectivity index (χ4n) is 4.95. The highest BCUT2D eigenvalue weighted by Gasteiger charge is 2.52. The van der Waals surface area contributed by atoms with Crippen molar-refractivity contribution in [1.82, 2.24) is 20.0 Å². The highest BCUT2D eigenvalue weighted by atomic mass is 16.7. The molecule has 3 heterocycles. The van der Waals surface area contributed by atoms with Gasteiger partial charge in [-0.05, 0) is 29.7 Å². The standard InChI is InChI=1S/C25H30N4O4/c1-2-10-25(20-6-4-3-5-7-20)23(30)29(24(31)26-25)17-28-13-11-27(12-14-28)16-19-8-9-21-22(15-19)33-18-32-21/h3-9,15H,2,10-14,16-18H2,1H3,(H,26,31)/t25-/m0/s1. The number of carbonyl (C=O) groups excluding carboxylic acids is 2. The second kappa shape index (κ2) is 9.03. The van der Waals surface area contributed by atoms with Crippen LogP contribution in [0.1, 0.15) is 30.9 Å². The van der Waals surface area contributed by atoms with Crippen molar-refractivity contribution in [3.05, 3.63) is 59.7 Å². The van der Waals surface area contributed by atoms with Crippen LogP contribution >= 0.6 is 0 Å². The first-order chi connectivity index (χ1) is 16.1. The Balaban J connectivity index is 1.20. The summed E-state index contributed by atoms with van der Waals surface area (Å²) in [5, 5.41) is 3.01. The molecule has 2 fully saturated rings. The fourth-order valence-corrected chi connectivity index (χ4v) is 4.95. The fraction of sp³-hybridized carbons (Fsp3) is 0.440. The van der Waals surface area contributed by atoms with Gasteiger partial charge in [0, 0.05) is 32.7 Å². The minimum atomic E-state index is -0.964. The van der Waals surface area contributed by atoms with E-state index in [2.05, 4.69) is 21.2 Å². The van der Waals surface area contributed by atoms with Crippen molar-refractivity contribution in [2.45, 2.75) is 31.8 Å². The van der Waals surface area contributed by atoms with Crippen molar-refractivity contribution in [3.63, 3.8) is 0 Å². The predicted octanol–water partition coefficient (Wildman–Crippen LogP) is 2.74. The van der Waals surface area contributed by atoms with E-state index >= 15 is 0 Å². The summed E-state index contributed by atoms with van der Waals surface area (Å²) in [5.41, 5.74) is 1.07. The van der Waals surface area contributed by atoms with Crippen molar-refractivity contribution in [1.29, 1.82) is 0 Å². The minimum absolute atomic E-state index is 0.150. The summed E-state index contributed by atoms with van der Waals surface area (Å²) >= 11 is 0. The van der Waals surface area contributed by atoms with Gasteiger partial charge in [0.1, 0.15) is 5.54 Å². The molecular formula is C25H30N4O4. The first-order valence-corrected chi connectivity index (χ1v) is 11.6. The van der Waals surface area contributed by atoms with E-state index < -0.39 is 5.54 Å². The lowest BCUT2D eigenvalue weighted by Crippen LogP contribution is -2.51. The van der Waals surface area contributed by atoms with E-state index in [1.165, 1.54) is 10.5 Å². The van der Waals surface area contributed by atoms with Crippen LogP contribution in [-0.4, -0.2) is 66.3 Å². The molecule has 2 aromatic rings. The van der Waals surface area contributed by atoms with E-state index in [1.54, 1.807) is 0 Å². The first-order valence-electron chi connectivity index (χ1n) is 11.6. The predicted molar refractivity (Wildman–Crippen MR) is 123 cm³/mol. The Morgan fingerprint density at radius 2 is 1.67 bits per heavy atom. The molecule has 3 aliphatic heterocycles. The normalized spacial score (nSPS) is 23.2. The van der Waals surface area contributed by atoms with Crippen LogP contribution in [0.3, 0.4) is 0 Å². The number of piperazine rings is 1. The zero-order valence-corrected chi connectivity index (χ0v) is 19.0. The van der Waals surface area contributed by atoms with Gasteiger partial charge < -0.3 is 14.8 Å². The monoisotopic (exact) mass is 450 g/mol. The number of fused-ring (bicyclic) bond motifs is 1. The molecule has 3 amide bonds. The summed E-state index contributed by atoms with van der Waals surface area (Å²) in [5.74, 6) is 1.45. The van der Waals surface area contributed by atoms with Crippen molar-refractivity contribution < 1.29 is 19.1 Å². The number of hydrogen-bond donors (Lipinski definition) is 1. The Morgan fingerprint density at radius 3 is 2.42 bits per heavy atom. The number of nitrogens with one attached hydrogen (secondary N) is 1. The van der Waals surface area contributed by atoms with Crippen LogP contribution in [0.2, 0.25) is 0 Å². The van der Waals surface area contributed by atoms with Crippen molar-refractivity contribution in [2.24, 2.45) is 0 Å². The lowest BCUT2D eigenvalue weighted by atomic mass is 9.85. The molecule has 1 atom stereocenters. The first kappa shape index (κ1) is 21.7. The molecule has 0 bridgehead atoms. The molecule has 0 unspecified atom stereocenters. The van der Waals surface area contributed by atoms with Gasteiger partial charge in [-0.15, -0.1) is 0 Å². The molecule has 33 heavy (non-hydrogen) atoms. The summed E-state index contributed by atoms with van der Waals surface area (Å²) in [6.45, 7) is 6.81. The van der Waals surface area contributed by atoms with Crippen LogP contribution in [0.5, 0.6) is 11.5 Å². The van der Waals surface area contributed by atoms with Gasteiger partial charge in [-0.2, -0.15) is 0 Å². The van der Waals surface area contributed by atoms with Crippen molar-refractivity contribution in [3.8, 4) is 11.5 Å². The lowest BCUT2D eigenvalue weighted by Gasteiger charge is -2.36. The topological polar surface area (TPSA) is 74.4 Å². The van der Waals surface area contributed by atoms with Crippen LogP contribution in [-0.2, 0) is 16.9 Å². The van der Waals surface area contributed by atoms with Gasteiger partial charge in [0.25, 0.3) is 5.91 Å². The van der Waals surface area contributed by atoms with E-state index in [1.807, 2.05) is 49.4 Å². The maximum atomic E-state index is 13.5. The van der Waals surface area contributed by atoms with Gasteiger partial charge >= 0.3 is 6.03 Å². The van der Waals surface area contributed by atoms with Crippen LogP contribution < -0.4 is 14.8 Å². The number of carbonyl (C=O) groups is 2. The highest BCUT2D eigenvalue weighted by molar-refractivity contribution is 6.07. The number of rotatable bonds is 7. The lowest BCUT2D eigenvalue weighted by molar-refractivity contribution is -0.133. The molecule has 0 radical (unpaired) electrons. The van der Waals surface area contributed by atoms with Gasteiger partial charge in [-0.25, -0.2) is 9.69 Å². The van der Waals surface area contributed by atoms with Crippen molar-refractivity contribution in [2.75, 3.05) is 39.6 Å². The van der Waals surface area contributed by atoms with Gasteiger partial charge in [0.05, 0.1) is 6.67 Å². The molecule has 0 saturated carbocycles. The highest BCUT2D eigenvalue weighted by Crippen LogP contribution is 2.34. The third-order valence-corrected chi connectivity index (χ3v) is 6.72. The molecule has 0 spiro atoms. The Morgan fingerprint density at radius 1 is 0.939 bits per heavy atom. The number of urea groups is 1. The molecule has 8 heteroatoms. The second-order valence-corrected chi connectivity index (χ2v) is 8.91. The van der Waals surface area contributed by atoms with E-state index in [9.17, 15) is 9.59 Å². The number of hydrogen-bond acceptors (Lipinski definition) is 6. The number of imide groups is 1. The molecule has 3 aliphatic rings. The van der Waals surface area contributed by atoms with Gasteiger partial charge in [0.15, 0.2) is 11.5 Å². The Kier molecular flexibility index (Phi) is 5.95. The summed E-state index contributed by atoms with van der Waals surface area (Å²) in [6, 6.07) is 15.4. The van der Waals surface area contributed by atoms with Crippen LogP contribution in [0.25, 0.3) is 0 Å². The number of amides is 3. The summed E-state index contributed by atoms with van der Waals surface area (Å²) in [7, 11) is 0. The molecule has 5 rings (SSSR count). The average molecular weight is 451 g/mol. The Labute approximate surface area is 194 Å². The molecule has 2 aromatic carbocycles. The average Bonchev–Trinajstić information content (AvgIpc) is 3.39. The molecular weight excluding hydrogens is 420 g/mol. The maximum absolute atomic E-state index is 13.5. The zero-order valence-electron chi connectivity index (χ0n) is 19.0. The summed E-state index contributed by atoms with van der Waals surface area (Å²) in [4.78, 5) is 32.3. The summed E-state index contributed by atoms with van der Waals surface area (Å²) < 4.78 is 10.9. The smallest absolute Gasteiger partial charge is 0.326 e. The number of benzene rings is 2. The van der Waals surface area contributed by atoms with E-state index in [0.29, 0.717) is 13.1 Å². The van der Waals surface area contributed by atoms with E-state index in [-0.39, 0.29) is 18.7 Å². The molecule has 174 valence electrons. The third kappa shape index (κ3) is 4.16. The quantitative estimate of drug-likeness (QED) is 0.654. The second-order valence-electron chi connectivity index (χ2n) is 8.91. The minimum Gasteiger partial charge on any atom is -0.454 e. The molecule has 0 aliphatic carbocycles. The van der Waals surface area contributed by atoms with E-state index in [4.69, 9.17) is 9.47 Å². The summed E-state index contributed by atoms with van der Waals surface area (Å²) in [6.07, 6.45) is 1.38. The Hall–Kier alpha value is -3.10. The SMILES string of the molecule is CCC[C@@]1(c2ccccc2)NC(=O)N(CN2CCN(Cc3ccc4c(c3)OCO4)CC2)C1=O. The van der Waals surface area contributed by atoms with Crippen molar-refractivity contribution >= 4 is 11.9 Å². The zero-order chi connectivity index (χ0) is 22.8. The van der Waals surface area contributed by atoms with Crippen LogP contribution in [0.4, 0.5) is 4.79 Å². The third-order valence-electron chi connectivity index (χ3n) is 6.72. The Bertz CT molecular complexity index is 1020. The number of ether oxygens (including phenoxy) is 2. The molecule has 0 aromatic heterocycles. The number of nitrogens with zero attached hydrogens (tertiary/aromatic N) is 3. The maximum Gasteiger partial charge on any atom is 0.326 e. The molecule has 2 saturated heterocycles. The largest absolute Gasteiger partial charge is 0.454 e. The van der Waals surface area contributed by atoms with Gasteiger partial charge in [-0.1, -0.05) is 49.7 Å². The molecule has 8 nitrogen and oxygen atoms in total. The van der Waals surface area contributed by atoms with Gasteiger partial charge in [0.2, 0.25) is 6.79 Å². The van der Waals surface area contributed by atoms with Crippen LogP contribution in [0, 0.1) is 0 Å². The van der Waals surface area contributed by atoms with E-state index in [0.717, 1.165) is 56.2 Å². The molecule has 1 N–H and O–H groups in total. The van der Waals surface area contributed by atoms with Gasteiger partial charge in [-0.3, -0.25) is 14.6 Å². The van der Waals surface area contributed by atoms with Crippen LogP contribution in [0.15, 0.2) is 48.5 Å².